The molecule has 6 nitrogen and oxygen atoms in total. The molecule has 0 aliphatic heterocycles. The van der Waals surface area contributed by atoms with Crippen molar-refractivity contribution >= 4 is 6.03 Å². The van der Waals surface area contributed by atoms with Gasteiger partial charge in [0.15, 0.2) is 0 Å². The summed E-state index contributed by atoms with van der Waals surface area (Å²) in [7, 11) is 0. The van der Waals surface area contributed by atoms with E-state index >= 15 is 0 Å². The molecule has 24 heavy (non-hydrogen) atoms. The van der Waals surface area contributed by atoms with Crippen LogP contribution in [0.2, 0.25) is 0 Å². The van der Waals surface area contributed by atoms with Crippen LogP contribution in [0, 0.1) is 20.8 Å². The molecular weight excluding hydrogens is 308 g/mol. The maximum Gasteiger partial charge on any atom is 0.315 e. The van der Waals surface area contributed by atoms with Crippen LogP contribution in [0.4, 0.5) is 4.79 Å². The molecule has 1 aromatic heterocycles. The minimum absolute atomic E-state index is 0.112. The maximum atomic E-state index is 11.8. The summed E-state index contributed by atoms with van der Waals surface area (Å²) in [5.41, 5.74) is 2.02. The zero-order valence-electron chi connectivity index (χ0n) is 14.3. The molecule has 0 aliphatic rings. The molecule has 3 N–H and O–H groups in total. The van der Waals surface area contributed by atoms with Gasteiger partial charge < -0.3 is 24.9 Å². The van der Waals surface area contributed by atoms with Gasteiger partial charge in [-0.15, -0.1) is 0 Å². The van der Waals surface area contributed by atoms with Crippen molar-refractivity contribution in [2.24, 2.45) is 0 Å². The Morgan fingerprint density at radius 1 is 1.25 bits per heavy atom. The summed E-state index contributed by atoms with van der Waals surface area (Å²) in [5, 5.41) is 15.2. The van der Waals surface area contributed by atoms with Gasteiger partial charge in [-0.1, -0.05) is 12.1 Å². The normalized spacial score (nSPS) is 11.8. The smallest absolute Gasteiger partial charge is 0.315 e. The molecule has 1 atom stereocenters. The third kappa shape index (κ3) is 5.62. The summed E-state index contributed by atoms with van der Waals surface area (Å²) in [5.74, 6) is 2.30. The van der Waals surface area contributed by atoms with E-state index in [0.717, 1.165) is 22.6 Å². The minimum atomic E-state index is -0.783. The first-order chi connectivity index (χ1) is 11.4. The predicted octanol–water partition coefficient (Wildman–Crippen LogP) is 2.44. The van der Waals surface area contributed by atoms with Gasteiger partial charge in [0.1, 0.15) is 30.0 Å². The molecule has 0 aliphatic carbocycles. The van der Waals surface area contributed by atoms with Crippen molar-refractivity contribution in [3.8, 4) is 5.75 Å². The number of carbonyl (C=O) groups is 1. The number of hydrogen-bond acceptors (Lipinski definition) is 4. The average Bonchev–Trinajstić information content (AvgIpc) is 2.86. The number of hydrogen-bond donors (Lipinski definition) is 3. The molecule has 1 heterocycles. The number of ether oxygens (including phenoxy) is 1. The largest absolute Gasteiger partial charge is 0.491 e. The lowest BCUT2D eigenvalue weighted by Crippen LogP contribution is -2.41. The Labute approximate surface area is 141 Å². The number of aliphatic hydroxyl groups excluding tert-OH is 1. The van der Waals surface area contributed by atoms with E-state index in [2.05, 4.69) is 10.6 Å². The van der Waals surface area contributed by atoms with E-state index < -0.39 is 6.10 Å². The Bertz CT molecular complexity index is 681. The van der Waals surface area contributed by atoms with Crippen LogP contribution in [-0.2, 0) is 6.54 Å². The van der Waals surface area contributed by atoms with E-state index in [-0.39, 0.29) is 19.2 Å². The summed E-state index contributed by atoms with van der Waals surface area (Å²) in [6.07, 6.45) is -0.783. The second kappa shape index (κ2) is 8.40. The number of aryl methyl sites for hydroxylation is 3. The summed E-state index contributed by atoms with van der Waals surface area (Å²) >= 11 is 0. The predicted molar refractivity (Wildman–Crippen MR) is 91.1 cm³/mol. The molecule has 0 radical (unpaired) electrons. The highest BCUT2D eigenvalue weighted by atomic mass is 16.5. The van der Waals surface area contributed by atoms with Crippen molar-refractivity contribution in [3.05, 3.63) is 53.0 Å². The zero-order chi connectivity index (χ0) is 17.5. The number of carbonyl (C=O) groups excluding carboxylic acids is 1. The van der Waals surface area contributed by atoms with Gasteiger partial charge in [-0.05, 0) is 44.5 Å². The Balaban J connectivity index is 1.66. The number of aliphatic hydroxyl groups is 1. The molecule has 0 saturated heterocycles. The lowest BCUT2D eigenvalue weighted by molar-refractivity contribution is 0.108. The molecule has 0 fully saturated rings. The van der Waals surface area contributed by atoms with Crippen molar-refractivity contribution in [3.63, 3.8) is 0 Å². The van der Waals surface area contributed by atoms with Crippen LogP contribution in [0.25, 0.3) is 0 Å². The molecule has 0 saturated carbocycles. The van der Waals surface area contributed by atoms with Crippen molar-refractivity contribution in [2.45, 2.75) is 33.4 Å². The lowest BCUT2D eigenvalue weighted by Gasteiger charge is -2.14. The van der Waals surface area contributed by atoms with Gasteiger partial charge >= 0.3 is 6.03 Å². The molecule has 2 rings (SSSR count). The zero-order valence-corrected chi connectivity index (χ0v) is 14.3. The fraction of sp³-hybridized carbons (Fsp3) is 0.389. The fourth-order valence-corrected chi connectivity index (χ4v) is 2.26. The second-order valence-corrected chi connectivity index (χ2v) is 5.78. The van der Waals surface area contributed by atoms with Gasteiger partial charge in [0.2, 0.25) is 0 Å². The van der Waals surface area contributed by atoms with Crippen molar-refractivity contribution in [2.75, 3.05) is 13.2 Å². The molecule has 1 aromatic carbocycles. The van der Waals surface area contributed by atoms with Crippen molar-refractivity contribution in [1.29, 1.82) is 0 Å². The third-order valence-electron chi connectivity index (χ3n) is 3.51. The quantitative estimate of drug-likeness (QED) is 0.727. The number of nitrogens with one attached hydrogen (secondary N) is 2. The van der Waals surface area contributed by atoms with Crippen LogP contribution in [0.15, 0.2) is 34.7 Å². The summed E-state index contributed by atoms with van der Waals surface area (Å²) in [6, 6.07) is 9.13. The number of furan rings is 1. The van der Waals surface area contributed by atoms with Gasteiger partial charge in [-0.2, -0.15) is 0 Å². The van der Waals surface area contributed by atoms with Gasteiger partial charge in [-0.25, -0.2) is 4.79 Å². The molecule has 1 unspecified atom stereocenters. The first-order valence-electron chi connectivity index (χ1n) is 7.89. The molecular formula is C18H24N2O4. The van der Waals surface area contributed by atoms with Crippen LogP contribution < -0.4 is 15.4 Å². The average molecular weight is 332 g/mol. The van der Waals surface area contributed by atoms with Crippen LogP contribution in [0.5, 0.6) is 5.75 Å². The molecule has 0 spiro atoms. The molecule has 0 bridgehead atoms. The van der Waals surface area contributed by atoms with E-state index in [9.17, 15) is 9.90 Å². The van der Waals surface area contributed by atoms with E-state index in [1.165, 1.54) is 0 Å². The molecule has 2 aromatic rings. The Kier molecular flexibility index (Phi) is 6.26. The Morgan fingerprint density at radius 2 is 2.04 bits per heavy atom. The lowest BCUT2D eigenvalue weighted by atomic mass is 10.2. The van der Waals surface area contributed by atoms with Gasteiger partial charge in [0.05, 0.1) is 0 Å². The number of benzene rings is 1. The fourth-order valence-electron chi connectivity index (χ4n) is 2.26. The highest BCUT2D eigenvalue weighted by Gasteiger charge is 2.09. The second-order valence-electron chi connectivity index (χ2n) is 5.78. The molecule has 130 valence electrons. The first kappa shape index (κ1) is 17.9. The first-order valence-corrected chi connectivity index (χ1v) is 7.89. The highest BCUT2D eigenvalue weighted by molar-refractivity contribution is 5.73. The topological polar surface area (TPSA) is 83.7 Å². The van der Waals surface area contributed by atoms with E-state index in [4.69, 9.17) is 9.15 Å². The van der Waals surface area contributed by atoms with Crippen LogP contribution in [0.3, 0.4) is 0 Å². The van der Waals surface area contributed by atoms with Crippen molar-refractivity contribution in [1.82, 2.24) is 10.6 Å². The standard InChI is InChI=1S/C18H24N2O4/c1-12-5-4-6-17(7-12)23-11-16(21)10-20-18(22)19-9-15-8-13(2)24-14(15)3/h4-8,16,21H,9-11H2,1-3H3,(H2,19,20,22). The molecule has 6 heteroatoms. The molecule has 2 amide bonds. The SMILES string of the molecule is Cc1cccc(OCC(O)CNC(=O)NCc2cc(C)oc2C)c1. The van der Waals surface area contributed by atoms with E-state index in [1.807, 2.05) is 51.1 Å². The summed E-state index contributed by atoms with van der Waals surface area (Å²) < 4.78 is 10.9. The van der Waals surface area contributed by atoms with Gasteiger partial charge in [0, 0.05) is 18.7 Å². The van der Waals surface area contributed by atoms with Crippen LogP contribution >= 0.6 is 0 Å². The van der Waals surface area contributed by atoms with Crippen LogP contribution in [-0.4, -0.2) is 30.4 Å². The van der Waals surface area contributed by atoms with Crippen LogP contribution in [0.1, 0.15) is 22.6 Å². The summed E-state index contributed by atoms with van der Waals surface area (Å²) in [6.45, 7) is 6.30. The third-order valence-corrected chi connectivity index (χ3v) is 3.51. The number of rotatable bonds is 7. The van der Waals surface area contributed by atoms with E-state index in [0.29, 0.717) is 12.3 Å². The maximum absolute atomic E-state index is 11.8. The minimum Gasteiger partial charge on any atom is -0.491 e. The van der Waals surface area contributed by atoms with E-state index in [1.54, 1.807) is 0 Å². The monoisotopic (exact) mass is 332 g/mol. The van der Waals surface area contributed by atoms with Gasteiger partial charge in [-0.3, -0.25) is 0 Å². The van der Waals surface area contributed by atoms with Gasteiger partial charge in [0.25, 0.3) is 0 Å². The number of amides is 2. The van der Waals surface area contributed by atoms with Crippen molar-refractivity contribution < 1.29 is 19.1 Å². The Hall–Kier alpha value is -2.47. The Morgan fingerprint density at radius 3 is 2.71 bits per heavy atom. The highest BCUT2D eigenvalue weighted by Crippen LogP contribution is 2.13. The summed E-state index contributed by atoms with van der Waals surface area (Å²) in [4.78, 5) is 11.8. The number of urea groups is 1.